The van der Waals surface area contributed by atoms with E-state index in [1.54, 1.807) is 20.3 Å². The van der Waals surface area contributed by atoms with Crippen LogP contribution in [0.3, 0.4) is 0 Å². The Bertz CT molecular complexity index is 662. The first-order valence-corrected chi connectivity index (χ1v) is 7.35. The third kappa shape index (κ3) is 4.88. The van der Waals surface area contributed by atoms with E-state index in [9.17, 15) is 4.79 Å². The van der Waals surface area contributed by atoms with Crippen LogP contribution in [0.1, 0.15) is 17.5 Å². The molecule has 0 N–H and O–H groups in total. The van der Waals surface area contributed by atoms with Crippen molar-refractivity contribution in [3.63, 3.8) is 0 Å². The molecule has 0 aliphatic carbocycles. The lowest BCUT2D eigenvalue weighted by atomic mass is 10.1. The van der Waals surface area contributed by atoms with Crippen molar-refractivity contribution in [1.82, 2.24) is 0 Å². The van der Waals surface area contributed by atoms with Gasteiger partial charge >= 0.3 is 5.97 Å². The number of esters is 1. The van der Waals surface area contributed by atoms with Crippen molar-refractivity contribution >= 4 is 12.0 Å². The Morgan fingerprint density at radius 2 is 1.78 bits per heavy atom. The molecule has 4 nitrogen and oxygen atoms in total. The number of rotatable bonds is 7. The molecule has 0 aliphatic heterocycles. The molecule has 0 atom stereocenters. The molecule has 0 heterocycles. The zero-order chi connectivity index (χ0) is 16.5. The Balaban J connectivity index is 1.88. The van der Waals surface area contributed by atoms with Gasteiger partial charge in [-0.15, -0.1) is 0 Å². The minimum atomic E-state index is -0.290. The summed E-state index contributed by atoms with van der Waals surface area (Å²) in [5, 5.41) is 0. The Hall–Kier alpha value is -2.75. The highest BCUT2D eigenvalue weighted by atomic mass is 16.5. The Morgan fingerprint density at radius 3 is 2.48 bits per heavy atom. The van der Waals surface area contributed by atoms with Crippen LogP contribution in [0.15, 0.2) is 54.8 Å². The zero-order valence-electron chi connectivity index (χ0n) is 13.3. The second kappa shape index (κ2) is 8.63. The van der Waals surface area contributed by atoms with Crippen LogP contribution in [-0.2, 0) is 16.0 Å². The summed E-state index contributed by atoms with van der Waals surface area (Å²) in [7, 11) is 3.17. The lowest BCUT2D eigenvalue weighted by Gasteiger charge is -2.11. The largest absolute Gasteiger partial charge is 0.493 e. The lowest BCUT2D eigenvalue weighted by molar-refractivity contribution is -0.137. The molecule has 23 heavy (non-hydrogen) atoms. The molecule has 0 aliphatic rings. The van der Waals surface area contributed by atoms with Gasteiger partial charge in [-0.2, -0.15) is 0 Å². The second-order valence-electron chi connectivity index (χ2n) is 4.86. The van der Waals surface area contributed by atoms with Crippen LogP contribution in [0.25, 0.3) is 6.08 Å². The first-order chi connectivity index (χ1) is 11.2. The van der Waals surface area contributed by atoms with Gasteiger partial charge in [-0.25, -0.2) is 0 Å². The molecule has 0 spiro atoms. The summed E-state index contributed by atoms with van der Waals surface area (Å²) in [6.45, 7) is 0. The van der Waals surface area contributed by atoms with Crippen molar-refractivity contribution in [3.05, 3.63) is 65.9 Å². The summed E-state index contributed by atoms with van der Waals surface area (Å²) in [5.74, 6) is 1.02. The van der Waals surface area contributed by atoms with Crippen molar-refractivity contribution < 1.29 is 19.0 Å². The molecule has 120 valence electrons. The quantitative estimate of drug-likeness (QED) is 0.575. The highest BCUT2D eigenvalue weighted by Gasteiger charge is 2.11. The average molecular weight is 312 g/mol. The van der Waals surface area contributed by atoms with Crippen molar-refractivity contribution in [2.75, 3.05) is 14.2 Å². The molecule has 0 radical (unpaired) electrons. The van der Waals surface area contributed by atoms with E-state index in [2.05, 4.69) is 0 Å². The second-order valence-corrected chi connectivity index (χ2v) is 4.86. The summed E-state index contributed by atoms with van der Waals surface area (Å²) in [6.07, 6.45) is 3.96. The van der Waals surface area contributed by atoms with Gasteiger partial charge in [0.15, 0.2) is 11.5 Å². The molecule has 2 aromatic rings. The Morgan fingerprint density at radius 1 is 1.00 bits per heavy atom. The van der Waals surface area contributed by atoms with Gasteiger partial charge < -0.3 is 14.2 Å². The van der Waals surface area contributed by atoms with E-state index in [-0.39, 0.29) is 12.4 Å². The fourth-order valence-electron chi connectivity index (χ4n) is 2.20. The molecule has 0 aromatic heterocycles. The average Bonchev–Trinajstić information content (AvgIpc) is 2.60. The fraction of sp³-hybridized carbons (Fsp3) is 0.211. The van der Waals surface area contributed by atoms with Crippen LogP contribution in [0.2, 0.25) is 0 Å². The molecule has 0 bridgehead atoms. The van der Waals surface area contributed by atoms with Gasteiger partial charge in [0.05, 0.1) is 26.9 Å². The predicted molar refractivity (Wildman–Crippen MR) is 89.4 cm³/mol. The molecule has 0 unspecified atom stereocenters. The number of hydrogen-bond donors (Lipinski definition) is 0. The lowest BCUT2D eigenvalue weighted by Crippen LogP contribution is -2.03. The number of para-hydroxylation sites is 1. The standard InChI is InChI=1S/C19H20O4/c1-21-17-10-6-9-16(19(17)22-2)11-12-18(20)23-14-13-15-7-4-3-5-8-15/h3-10,13-14H,11-12H2,1-2H3. The number of aryl methyl sites for hydroxylation is 1. The summed E-state index contributed by atoms with van der Waals surface area (Å²) in [5.41, 5.74) is 1.89. The monoisotopic (exact) mass is 312 g/mol. The molecule has 2 rings (SSSR count). The number of ether oxygens (including phenoxy) is 3. The van der Waals surface area contributed by atoms with Gasteiger partial charge in [0.25, 0.3) is 0 Å². The fourth-order valence-corrected chi connectivity index (χ4v) is 2.20. The Labute approximate surface area is 136 Å². The van der Waals surface area contributed by atoms with Gasteiger partial charge in [0.2, 0.25) is 0 Å². The maximum absolute atomic E-state index is 11.8. The topological polar surface area (TPSA) is 44.8 Å². The highest BCUT2D eigenvalue weighted by molar-refractivity contribution is 5.71. The van der Waals surface area contributed by atoms with E-state index in [1.165, 1.54) is 6.26 Å². The van der Waals surface area contributed by atoms with Crippen LogP contribution < -0.4 is 9.47 Å². The van der Waals surface area contributed by atoms with E-state index < -0.39 is 0 Å². The van der Waals surface area contributed by atoms with Gasteiger partial charge in [-0.1, -0.05) is 42.5 Å². The van der Waals surface area contributed by atoms with E-state index in [0.717, 1.165) is 11.1 Å². The molecule has 0 fully saturated rings. The SMILES string of the molecule is COc1cccc(CCC(=O)OC=Cc2ccccc2)c1OC. The van der Waals surface area contributed by atoms with E-state index in [4.69, 9.17) is 14.2 Å². The van der Waals surface area contributed by atoms with Crippen LogP contribution in [0.4, 0.5) is 0 Å². The number of carbonyl (C=O) groups excluding carboxylic acids is 1. The number of methoxy groups -OCH3 is 2. The molecule has 4 heteroatoms. The summed E-state index contributed by atoms with van der Waals surface area (Å²) in [6, 6.07) is 15.3. The zero-order valence-corrected chi connectivity index (χ0v) is 13.3. The van der Waals surface area contributed by atoms with Crippen molar-refractivity contribution in [3.8, 4) is 11.5 Å². The van der Waals surface area contributed by atoms with Crippen molar-refractivity contribution in [1.29, 1.82) is 0 Å². The minimum absolute atomic E-state index is 0.267. The number of benzene rings is 2. The van der Waals surface area contributed by atoms with Gasteiger partial charge in [-0.05, 0) is 29.7 Å². The highest BCUT2D eigenvalue weighted by Crippen LogP contribution is 2.31. The van der Waals surface area contributed by atoms with Crippen molar-refractivity contribution in [2.45, 2.75) is 12.8 Å². The van der Waals surface area contributed by atoms with Crippen LogP contribution in [-0.4, -0.2) is 20.2 Å². The first-order valence-electron chi connectivity index (χ1n) is 7.35. The molecular formula is C19H20O4. The smallest absolute Gasteiger partial charge is 0.310 e. The summed E-state index contributed by atoms with van der Waals surface area (Å²) in [4.78, 5) is 11.8. The van der Waals surface area contributed by atoms with Crippen molar-refractivity contribution in [2.24, 2.45) is 0 Å². The van der Waals surface area contributed by atoms with Crippen LogP contribution >= 0.6 is 0 Å². The van der Waals surface area contributed by atoms with Gasteiger partial charge in [0, 0.05) is 0 Å². The van der Waals surface area contributed by atoms with E-state index in [1.807, 2.05) is 48.5 Å². The minimum Gasteiger partial charge on any atom is -0.493 e. The van der Waals surface area contributed by atoms with Crippen LogP contribution in [0.5, 0.6) is 11.5 Å². The third-order valence-corrected chi connectivity index (χ3v) is 3.34. The molecule has 2 aromatic carbocycles. The normalized spacial score (nSPS) is 10.5. The molecule has 0 saturated heterocycles. The predicted octanol–water partition coefficient (Wildman–Crippen LogP) is 3.85. The molecule has 0 amide bonds. The first kappa shape index (κ1) is 16.6. The molecule has 0 saturated carbocycles. The van der Waals surface area contributed by atoms with Gasteiger partial charge in [0.1, 0.15) is 0 Å². The van der Waals surface area contributed by atoms with E-state index >= 15 is 0 Å². The maximum Gasteiger partial charge on any atom is 0.310 e. The summed E-state index contributed by atoms with van der Waals surface area (Å²) < 4.78 is 15.7. The molecular weight excluding hydrogens is 292 g/mol. The maximum atomic E-state index is 11.8. The number of carbonyl (C=O) groups is 1. The Kier molecular flexibility index (Phi) is 6.24. The number of hydrogen-bond acceptors (Lipinski definition) is 4. The third-order valence-electron chi connectivity index (χ3n) is 3.34. The summed E-state index contributed by atoms with van der Waals surface area (Å²) >= 11 is 0. The van der Waals surface area contributed by atoms with E-state index in [0.29, 0.717) is 17.9 Å². The van der Waals surface area contributed by atoms with Gasteiger partial charge in [-0.3, -0.25) is 4.79 Å². The van der Waals surface area contributed by atoms with Crippen LogP contribution in [0, 0.1) is 0 Å².